The summed E-state index contributed by atoms with van der Waals surface area (Å²) in [6.45, 7) is 0. The van der Waals surface area contributed by atoms with E-state index in [0.29, 0.717) is 6.07 Å². The van der Waals surface area contributed by atoms with Crippen molar-refractivity contribution in [1.82, 2.24) is 4.98 Å². The molecule has 0 saturated heterocycles. The van der Waals surface area contributed by atoms with Gasteiger partial charge in [-0.15, -0.1) is 0 Å². The summed E-state index contributed by atoms with van der Waals surface area (Å²) < 4.78 is 85.5. The number of hydrogen-bond donors (Lipinski definition) is 0. The van der Waals surface area contributed by atoms with Gasteiger partial charge in [0.1, 0.15) is 23.8 Å². The second-order valence-electron chi connectivity index (χ2n) is 3.52. The van der Waals surface area contributed by atoms with Crippen LogP contribution in [0.1, 0.15) is 11.1 Å². The van der Waals surface area contributed by atoms with Gasteiger partial charge >= 0.3 is 18.4 Å². The Morgan fingerprint density at radius 3 is 2.25 bits per heavy atom. The smallest absolute Gasteiger partial charge is 0.417 e. The molecule has 1 radical (unpaired) electrons. The molecule has 2 rings (SSSR count). The highest BCUT2D eigenvalue weighted by Gasteiger charge is 2.45. The zero-order valence-electron chi connectivity index (χ0n) is 9.34. The Bertz CT molecular complexity index is 588. The molecule has 0 aliphatic heterocycles. The molecule has 9 heteroatoms. The van der Waals surface area contributed by atoms with Gasteiger partial charge in [0, 0.05) is 0 Å². The molecule has 0 atom stereocenters. The summed E-state index contributed by atoms with van der Waals surface area (Å²) in [7, 11) is 0. The van der Waals surface area contributed by atoms with E-state index in [9.17, 15) is 26.3 Å². The van der Waals surface area contributed by atoms with Crippen molar-refractivity contribution in [3.63, 3.8) is 0 Å². The maximum atomic E-state index is 12.8. The van der Waals surface area contributed by atoms with E-state index in [2.05, 4.69) is 20.3 Å². The summed E-state index contributed by atoms with van der Waals surface area (Å²) in [5.41, 5.74) is -3.79. The Morgan fingerprint density at radius 2 is 1.75 bits per heavy atom. The number of ether oxygens (including phenoxy) is 1. The fourth-order valence-electron chi connectivity index (χ4n) is 1.47. The number of hydrogen-bond acceptors (Lipinski definition) is 3. The van der Waals surface area contributed by atoms with E-state index in [-0.39, 0.29) is 0 Å². The molecule has 0 saturated carbocycles. The SMILES string of the molecule is FC(F)(F)c1cccc(Oc2n[c]co2)c1C(F)(F)F. The number of alkyl halides is 6. The summed E-state index contributed by atoms with van der Waals surface area (Å²) in [4.78, 5) is 3.26. The Kier molecular flexibility index (Phi) is 3.36. The van der Waals surface area contributed by atoms with Gasteiger partial charge in [-0.25, -0.2) is 0 Å². The van der Waals surface area contributed by atoms with Crippen molar-refractivity contribution in [1.29, 1.82) is 0 Å². The molecule has 0 bridgehead atoms. The molecular weight excluding hydrogens is 292 g/mol. The summed E-state index contributed by atoms with van der Waals surface area (Å²) in [6.07, 6.45) is -8.08. The van der Waals surface area contributed by atoms with Crippen molar-refractivity contribution in [3.8, 4) is 11.8 Å². The molecule has 0 aliphatic carbocycles. The van der Waals surface area contributed by atoms with E-state index in [1.165, 1.54) is 0 Å². The highest BCUT2D eigenvalue weighted by Crippen LogP contribution is 2.45. The topological polar surface area (TPSA) is 35.3 Å². The third-order valence-corrected chi connectivity index (χ3v) is 2.18. The monoisotopic (exact) mass is 296 g/mol. The van der Waals surface area contributed by atoms with E-state index >= 15 is 0 Å². The molecule has 1 aromatic heterocycles. The molecule has 1 aromatic carbocycles. The number of nitrogens with zero attached hydrogens (tertiary/aromatic N) is 1. The molecule has 0 spiro atoms. The Morgan fingerprint density at radius 1 is 1.05 bits per heavy atom. The molecule has 1 heterocycles. The molecule has 3 nitrogen and oxygen atoms in total. The Labute approximate surface area is 107 Å². The van der Waals surface area contributed by atoms with Crippen LogP contribution < -0.4 is 4.74 Å². The van der Waals surface area contributed by atoms with Crippen LogP contribution in [0, 0.1) is 6.20 Å². The quantitative estimate of drug-likeness (QED) is 0.775. The van der Waals surface area contributed by atoms with E-state index < -0.39 is 35.3 Å². The van der Waals surface area contributed by atoms with E-state index in [1.54, 1.807) is 0 Å². The first-order chi connectivity index (χ1) is 9.19. The fraction of sp³-hybridized carbons (Fsp3) is 0.182. The zero-order chi connectivity index (χ0) is 15.0. The number of halogens is 6. The normalized spacial score (nSPS) is 12.5. The maximum Gasteiger partial charge on any atom is 0.420 e. The van der Waals surface area contributed by atoms with Gasteiger partial charge in [-0.3, -0.25) is 0 Å². The van der Waals surface area contributed by atoms with Gasteiger partial charge in [0.15, 0.2) is 0 Å². The number of aromatic nitrogens is 1. The van der Waals surface area contributed by atoms with E-state index in [1.807, 2.05) is 0 Å². The molecule has 2 aromatic rings. The van der Waals surface area contributed by atoms with Crippen LogP contribution in [0.4, 0.5) is 26.3 Å². The van der Waals surface area contributed by atoms with Gasteiger partial charge in [0.2, 0.25) is 0 Å². The van der Waals surface area contributed by atoms with Crippen LogP contribution in [0.25, 0.3) is 0 Å². The van der Waals surface area contributed by atoms with Crippen LogP contribution in [0.15, 0.2) is 28.9 Å². The number of benzene rings is 1. The highest BCUT2D eigenvalue weighted by atomic mass is 19.4. The average Bonchev–Trinajstić information content (AvgIpc) is 2.79. The first-order valence-corrected chi connectivity index (χ1v) is 4.96. The predicted octanol–water partition coefficient (Wildman–Crippen LogP) is 4.30. The van der Waals surface area contributed by atoms with E-state index in [4.69, 9.17) is 0 Å². The number of rotatable bonds is 2. The first-order valence-electron chi connectivity index (χ1n) is 4.96. The lowest BCUT2D eigenvalue weighted by atomic mass is 10.1. The number of oxazole rings is 1. The van der Waals surface area contributed by atoms with Gasteiger partial charge in [-0.1, -0.05) is 6.07 Å². The van der Waals surface area contributed by atoms with Gasteiger partial charge in [-0.05, 0) is 12.1 Å². The van der Waals surface area contributed by atoms with Gasteiger partial charge in [0.25, 0.3) is 0 Å². The molecule has 0 aliphatic rings. The van der Waals surface area contributed by atoms with Crippen molar-refractivity contribution in [3.05, 3.63) is 41.8 Å². The second kappa shape index (κ2) is 4.73. The first kappa shape index (κ1) is 14.2. The highest BCUT2D eigenvalue weighted by molar-refractivity contribution is 5.44. The van der Waals surface area contributed by atoms with Gasteiger partial charge < -0.3 is 9.15 Å². The summed E-state index contributed by atoms with van der Waals surface area (Å²) in [5, 5.41) is 0. The summed E-state index contributed by atoms with van der Waals surface area (Å²) >= 11 is 0. The summed E-state index contributed by atoms with van der Waals surface area (Å²) in [5.74, 6) is -1.05. The average molecular weight is 296 g/mol. The van der Waals surface area contributed by atoms with Gasteiger partial charge in [-0.2, -0.15) is 31.3 Å². The Balaban J connectivity index is 2.57. The standard InChI is InChI=1S/C11H4F6NO2/c12-10(13,14)6-2-1-3-7(8(6)11(15,16)17)20-9-18-4-5-19-9/h1-3,5H. The van der Waals surface area contributed by atoms with Crippen molar-refractivity contribution in [2.45, 2.75) is 12.4 Å². The fourth-order valence-corrected chi connectivity index (χ4v) is 1.47. The van der Waals surface area contributed by atoms with Gasteiger partial charge in [0.05, 0.1) is 5.56 Å². The summed E-state index contributed by atoms with van der Waals surface area (Å²) in [6, 6.07) is 1.85. The molecule has 0 unspecified atom stereocenters. The minimum atomic E-state index is -5.25. The molecule has 107 valence electrons. The lowest BCUT2D eigenvalue weighted by Gasteiger charge is -2.17. The lowest BCUT2D eigenvalue weighted by Crippen LogP contribution is -2.17. The van der Waals surface area contributed by atoms with E-state index in [0.717, 1.165) is 18.4 Å². The molecule has 0 fully saturated rings. The zero-order valence-corrected chi connectivity index (χ0v) is 9.34. The van der Waals surface area contributed by atoms with Crippen LogP contribution in [0.3, 0.4) is 0 Å². The van der Waals surface area contributed by atoms with Crippen molar-refractivity contribution >= 4 is 0 Å². The van der Waals surface area contributed by atoms with Crippen molar-refractivity contribution in [2.75, 3.05) is 0 Å². The molecule has 0 N–H and O–H groups in total. The van der Waals surface area contributed by atoms with Crippen LogP contribution in [-0.2, 0) is 12.4 Å². The predicted molar refractivity (Wildman–Crippen MR) is 51.9 cm³/mol. The minimum absolute atomic E-state index is 0.317. The third-order valence-electron chi connectivity index (χ3n) is 2.18. The molecule has 20 heavy (non-hydrogen) atoms. The van der Waals surface area contributed by atoms with Crippen LogP contribution in [0.2, 0.25) is 0 Å². The van der Waals surface area contributed by atoms with Crippen LogP contribution in [0.5, 0.6) is 11.8 Å². The van der Waals surface area contributed by atoms with Crippen LogP contribution >= 0.6 is 0 Å². The van der Waals surface area contributed by atoms with Crippen LogP contribution in [-0.4, -0.2) is 4.98 Å². The molecule has 0 amide bonds. The molecular formula is C11H4F6NO2. The van der Waals surface area contributed by atoms with Crippen molar-refractivity contribution < 1.29 is 35.5 Å². The second-order valence-corrected chi connectivity index (χ2v) is 3.52. The van der Waals surface area contributed by atoms with Crippen molar-refractivity contribution in [2.24, 2.45) is 0 Å². The lowest BCUT2D eigenvalue weighted by molar-refractivity contribution is -0.162. The maximum absolute atomic E-state index is 12.8. The Hall–Kier alpha value is -2.19. The minimum Gasteiger partial charge on any atom is -0.417 e. The largest absolute Gasteiger partial charge is 0.420 e. The third kappa shape index (κ3) is 2.86.